The molecular formula is C18H19FN2O3. The van der Waals surface area contributed by atoms with Gasteiger partial charge in [-0.05, 0) is 29.8 Å². The Kier molecular flexibility index (Phi) is 6.31. The molecule has 0 saturated carbocycles. The Morgan fingerprint density at radius 2 is 1.79 bits per heavy atom. The third kappa shape index (κ3) is 5.72. The van der Waals surface area contributed by atoms with E-state index in [4.69, 9.17) is 4.74 Å². The second-order valence-corrected chi connectivity index (χ2v) is 5.18. The summed E-state index contributed by atoms with van der Waals surface area (Å²) < 4.78 is 18.6. The highest BCUT2D eigenvalue weighted by atomic mass is 19.1. The number of halogens is 1. The molecule has 0 radical (unpaired) electrons. The minimum Gasteiger partial charge on any atom is -0.489 e. The topological polar surface area (TPSA) is 67.4 Å². The van der Waals surface area contributed by atoms with Gasteiger partial charge in [-0.25, -0.2) is 4.39 Å². The summed E-state index contributed by atoms with van der Waals surface area (Å²) in [5.74, 6) is -0.557. The van der Waals surface area contributed by atoms with E-state index < -0.39 is 5.82 Å². The van der Waals surface area contributed by atoms with E-state index >= 15 is 0 Å². The smallest absolute Gasteiger partial charge is 0.224 e. The Morgan fingerprint density at radius 1 is 1.08 bits per heavy atom. The normalized spacial score (nSPS) is 10.1. The predicted octanol–water partition coefficient (Wildman–Crippen LogP) is 2.52. The van der Waals surface area contributed by atoms with Gasteiger partial charge >= 0.3 is 0 Å². The summed E-state index contributed by atoms with van der Waals surface area (Å²) in [6.45, 7) is 1.91. The van der Waals surface area contributed by atoms with E-state index in [0.717, 1.165) is 5.56 Å². The molecule has 0 aromatic heterocycles. The summed E-state index contributed by atoms with van der Waals surface area (Å²) in [6, 6.07) is 13.2. The van der Waals surface area contributed by atoms with Crippen LogP contribution in [0.15, 0.2) is 48.5 Å². The maximum absolute atomic E-state index is 13.3. The van der Waals surface area contributed by atoms with Crippen molar-refractivity contribution in [3.05, 3.63) is 59.9 Å². The Balaban J connectivity index is 1.71. The number of hydrogen-bond donors (Lipinski definition) is 2. The largest absolute Gasteiger partial charge is 0.489 e. The van der Waals surface area contributed by atoms with E-state index in [-0.39, 0.29) is 37.1 Å². The first-order valence-corrected chi connectivity index (χ1v) is 7.55. The summed E-state index contributed by atoms with van der Waals surface area (Å²) in [5.41, 5.74) is 1.52. The van der Waals surface area contributed by atoms with Crippen molar-refractivity contribution in [2.45, 2.75) is 13.3 Å². The number of amides is 2. The molecule has 0 bridgehead atoms. The second-order valence-electron chi connectivity index (χ2n) is 5.18. The molecule has 24 heavy (non-hydrogen) atoms. The molecule has 0 heterocycles. The summed E-state index contributed by atoms with van der Waals surface area (Å²) >= 11 is 0. The molecule has 2 aromatic rings. The van der Waals surface area contributed by atoms with Crippen LogP contribution in [0.2, 0.25) is 0 Å². The van der Waals surface area contributed by atoms with Crippen LogP contribution in [-0.2, 0) is 16.0 Å². The minimum atomic E-state index is -0.428. The fraction of sp³-hybridized carbons (Fsp3) is 0.222. The summed E-state index contributed by atoms with van der Waals surface area (Å²) in [7, 11) is 0. The number of carbonyl (C=O) groups is 2. The lowest BCUT2D eigenvalue weighted by atomic mass is 10.1. The van der Waals surface area contributed by atoms with Crippen LogP contribution < -0.4 is 15.4 Å². The van der Waals surface area contributed by atoms with E-state index in [0.29, 0.717) is 5.69 Å². The lowest BCUT2D eigenvalue weighted by Crippen LogP contribution is -2.29. The van der Waals surface area contributed by atoms with E-state index in [1.807, 2.05) is 0 Å². The van der Waals surface area contributed by atoms with Crippen LogP contribution >= 0.6 is 0 Å². The van der Waals surface area contributed by atoms with Crippen LogP contribution in [0, 0.1) is 5.82 Å². The standard InChI is InChI=1S/C18H19FN2O3/c1-13(22)21-15-8-6-14(7-9-15)12-18(23)20-10-11-24-17-5-3-2-4-16(17)19/h2-9H,10-12H2,1H3,(H,20,23)(H,21,22). The number of anilines is 1. The van der Waals surface area contributed by atoms with Crippen molar-refractivity contribution in [2.24, 2.45) is 0 Å². The third-order valence-corrected chi connectivity index (χ3v) is 3.16. The molecule has 0 saturated heterocycles. The number of hydrogen-bond acceptors (Lipinski definition) is 3. The van der Waals surface area contributed by atoms with Gasteiger partial charge in [0.2, 0.25) is 11.8 Å². The molecule has 0 aliphatic carbocycles. The van der Waals surface area contributed by atoms with Gasteiger partial charge in [-0.1, -0.05) is 24.3 Å². The van der Waals surface area contributed by atoms with Crippen LogP contribution in [0.3, 0.4) is 0 Å². The molecule has 5 nitrogen and oxygen atoms in total. The number of carbonyl (C=O) groups excluding carboxylic acids is 2. The van der Waals surface area contributed by atoms with Gasteiger partial charge in [-0.3, -0.25) is 9.59 Å². The Bertz CT molecular complexity index is 702. The fourth-order valence-corrected chi connectivity index (χ4v) is 2.07. The van der Waals surface area contributed by atoms with Crippen molar-refractivity contribution in [1.29, 1.82) is 0 Å². The lowest BCUT2D eigenvalue weighted by Gasteiger charge is -2.09. The third-order valence-electron chi connectivity index (χ3n) is 3.16. The first-order valence-electron chi connectivity index (χ1n) is 7.55. The average Bonchev–Trinajstić information content (AvgIpc) is 2.54. The maximum atomic E-state index is 13.3. The first-order chi connectivity index (χ1) is 11.5. The van der Waals surface area contributed by atoms with Crippen LogP contribution in [0.4, 0.5) is 10.1 Å². The average molecular weight is 330 g/mol. The lowest BCUT2D eigenvalue weighted by molar-refractivity contribution is -0.120. The fourth-order valence-electron chi connectivity index (χ4n) is 2.07. The minimum absolute atomic E-state index is 0.143. The maximum Gasteiger partial charge on any atom is 0.224 e. The number of ether oxygens (including phenoxy) is 1. The van der Waals surface area contributed by atoms with Gasteiger partial charge in [0, 0.05) is 12.6 Å². The van der Waals surface area contributed by atoms with E-state index in [2.05, 4.69) is 10.6 Å². The van der Waals surface area contributed by atoms with Crippen molar-refractivity contribution in [3.63, 3.8) is 0 Å². The molecule has 0 unspecified atom stereocenters. The first kappa shape index (κ1) is 17.5. The molecular weight excluding hydrogens is 311 g/mol. The quantitative estimate of drug-likeness (QED) is 0.767. The molecule has 0 aliphatic rings. The second kappa shape index (κ2) is 8.67. The van der Waals surface area contributed by atoms with Crippen molar-refractivity contribution in [1.82, 2.24) is 5.32 Å². The highest BCUT2D eigenvalue weighted by molar-refractivity contribution is 5.88. The Morgan fingerprint density at radius 3 is 2.46 bits per heavy atom. The zero-order valence-corrected chi connectivity index (χ0v) is 13.3. The van der Waals surface area contributed by atoms with E-state index in [9.17, 15) is 14.0 Å². The Hall–Kier alpha value is -2.89. The van der Waals surface area contributed by atoms with E-state index in [1.165, 1.54) is 19.1 Å². The molecule has 0 aliphatic heterocycles. The molecule has 2 amide bonds. The van der Waals surface area contributed by atoms with Crippen LogP contribution in [0.5, 0.6) is 5.75 Å². The van der Waals surface area contributed by atoms with Gasteiger partial charge < -0.3 is 15.4 Å². The SMILES string of the molecule is CC(=O)Nc1ccc(CC(=O)NCCOc2ccccc2F)cc1. The van der Waals surface area contributed by atoms with Crippen LogP contribution in [-0.4, -0.2) is 25.0 Å². The summed E-state index contributed by atoms with van der Waals surface area (Å²) in [4.78, 5) is 22.8. The molecule has 126 valence electrons. The van der Waals surface area contributed by atoms with Gasteiger partial charge in [-0.15, -0.1) is 0 Å². The molecule has 0 spiro atoms. The Labute approximate surface area is 139 Å². The van der Waals surface area contributed by atoms with Gasteiger partial charge in [0.05, 0.1) is 13.0 Å². The molecule has 2 rings (SSSR count). The molecule has 2 aromatic carbocycles. The number of benzene rings is 2. The molecule has 6 heteroatoms. The van der Waals surface area contributed by atoms with Gasteiger partial charge in [0.15, 0.2) is 11.6 Å². The van der Waals surface area contributed by atoms with Gasteiger partial charge in [0.1, 0.15) is 6.61 Å². The predicted molar refractivity (Wildman–Crippen MR) is 89.4 cm³/mol. The zero-order chi connectivity index (χ0) is 17.4. The van der Waals surface area contributed by atoms with Crippen molar-refractivity contribution < 1.29 is 18.7 Å². The monoisotopic (exact) mass is 330 g/mol. The van der Waals surface area contributed by atoms with Gasteiger partial charge in [0.25, 0.3) is 0 Å². The van der Waals surface area contributed by atoms with Crippen LogP contribution in [0.1, 0.15) is 12.5 Å². The van der Waals surface area contributed by atoms with Crippen molar-refractivity contribution >= 4 is 17.5 Å². The molecule has 2 N–H and O–H groups in total. The number of rotatable bonds is 7. The summed E-state index contributed by atoms with van der Waals surface area (Å²) in [6.07, 6.45) is 0.222. The number of para-hydroxylation sites is 1. The van der Waals surface area contributed by atoms with Gasteiger partial charge in [-0.2, -0.15) is 0 Å². The van der Waals surface area contributed by atoms with Crippen molar-refractivity contribution in [2.75, 3.05) is 18.5 Å². The van der Waals surface area contributed by atoms with E-state index in [1.54, 1.807) is 36.4 Å². The highest BCUT2D eigenvalue weighted by Crippen LogP contribution is 2.14. The van der Waals surface area contributed by atoms with Crippen LogP contribution in [0.25, 0.3) is 0 Å². The zero-order valence-electron chi connectivity index (χ0n) is 13.3. The molecule has 0 fully saturated rings. The summed E-state index contributed by atoms with van der Waals surface area (Å²) in [5, 5.41) is 5.37. The van der Waals surface area contributed by atoms with Crippen molar-refractivity contribution in [3.8, 4) is 5.75 Å². The highest BCUT2D eigenvalue weighted by Gasteiger charge is 2.05. The number of nitrogens with one attached hydrogen (secondary N) is 2. The molecule has 0 atom stereocenters.